The molecule has 1 heterocycles. The molecule has 0 aliphatic carbocycles. The van der Waals surface area contributed by atoms with E-state index in [0.29, 0.717) is 0 Å². The first-order valence-electron chi connectivity index (χ1n) is 3.36. The van der Waals surface area contributed by atoms with E-state index in [4.69, 9.17) is 11.5 Å². The molecule has 0 radical (unpaired) electrons. The maximum absolute atomic E-state index is 5.69. The standard InChI is InChI=1S/C6H15N3/c1-9-4-2-6(7,8)3-5-9/h2-5,7-8H2,1H3. The average molecular weight is 129 g/mol. The van der Waals surface area contributed by atoms with Gasteiger partial charge in [0.1, 0.15) is 0 Å². The van der Waals surface area contributed by atoms with Gasteiger partial charge >= 0.3 is 0 Å². The van der Waals surface area contributed by atoms with Crippen LogP contribution in [0.2, 0.25) is 0 Å². The van der Waals surface area contributed by atoms with E-state index in [-0.39, 0.29) is 5.66 Å². The highest BCUT2D eigenvalue weighted by molar-refractivity contribution is 4.83. The smallest absolute Gasteiger partial charge is 0.0661 e. The van der Waals surface area contributed by atoms with E-state index >= 15 is 0 Å². The fraction of sp³-hybridized carbons (Fsp3) is 1.00. The Morgan fingerprint density at radius 2 is 1.67 bits per heavy atom. The highest BCUT2D eigenvalue weighted by Gasteiger charge is 2.23. The summed E-state index contributed by atoms with van der Waals surface area (Å²) in [5, 5.41) is 0. The number of piperidine rings is 1. The quantitative estimate of drug-likeness (QED) is 0.426. The maximum Gasteiger partial charge on any atom is 0.0661 e. The lowest BCUT2D eigenvalue weighted by Crippen LogP contribution is -2.56. The molecule has 3 heteroatoms. The highest BCUT2D eigenvalue weighted by Crippen LogP contribution is 2.11. The van der Waals surface area contributed by atoms with Crippen molar-refractivity contribution in [2.45, 2.75) is 18.5 Å². The molecule has 1 rings (SSSR count). The fourth-order valence-corrected chi connectivity index (χ4v) is 1.03. The summed E-state index contributed by atoms with van der Waals surface area (Å²) < 4.78 is 0. The molecular weight excluding hydrogens is 114 g/mol. The summed E-state index contributed by atoms with van der Waals surface area (Å²) in [4.78, 5) is 2.25. The Morgan fingerprint density at radius 1 is 1.22 bits per heavy atom. The minimum atomic E-state index is -0.382. The molecule has 1 aliphatic heterocycles. The largest absolute Gasteiger partial charge is 0.313 e. The number of nitrogens with two attached hydrogens (primary N) is 2. The van der Waals surface area contributed by atoms with Gasteiger partial charge in [0.25, 0.3) is 0 Å². The van der Waals surface area contributed by atoms with Crippen LogP contribution in [0.15, 0.2) is 0 Å². The van der Waals surface area contributed by atoms with E-state index in [9.17, 15) is 0 Å². The van der Waals surface area contributed by atoms with Crippen LogP contribution in [-0.2, 0) is 0 Å². The van der Waals surface area contributed by atoms with Gasteiger partial charge in [0.05, 0.1) is 5.66 Å². The third kappa shape index (κ3) is 1.93. The van der Waals surface area contributed by atoms with Gasteiger partial charge < -0.3 is 16.4 Å². The first-order valence-corrected chi connectivity index (χ1v) is 3.36. The highest BCUT2D eigenvalue weighted by atomic mass is 15.1. The first kappa shape index (κ1) is 6.99. The van der Waals surface area contributed by atoms with Gasteiger partial charge in [-0.2, -0.15) is 0 Å². The molecule has 1 aliphatic rings. The van der Waals surface area contributed by atoms with Crippen LogP contribution in [0.3, 0.4) is 0 Å². The predicted molar refractivity (Wildman–Crippen MR) is 37.8 cm³/mol. The lowest BCUT2D eigenvalue weighted by atomic mass is 10.00. The first-order chi connectivity index (χ1) is 4.10. The molecule has 54 valence electrons. The molecule has 1 saturated heterocycles. The second-order valence-corrected chi connectivity index (χ2v) is 3.04. The molecule has 0 amide bonds. The molecule has 0 aromatic carbocycles. The zero-order valence-corrected chi connectivity index (χ0v) is 5.93. The number of likely N-dealkylation sites (tertiary alicyclic amines) is 1. The molecule has 0 spiro atoms. The molecule has 3 nitrogen and oxygen atoms in total. The van der Waals surface area contributed by atoms with Crippen LogP contribution in [0, 0.1) is 0 Å². The zero-order chi connectivity index (χ0) is 6.91. The number of rotatable bonds is 0. The lowest BCUT2D eigenvalue weighted by Gasteiger charge is -2.34. The van der Waals surface area contributed by atoms with Crippen LogP contribution in [0.4, 0.5) is 0 Å². The van der Waals surface area contributed by atoms with Gasteiger partial charge in [-0.15, -0.1) is 0 Å². The fourth-order valence-electron chi connectivity index (χ4n) is 1.03. The molecule has 4 N–H and O–H groups in total. The summed E-state index contributed by atoms with van der Waals surface area (Å²) in [7, 11) is 2.09. The normalized spacial score (nSPS) is 28.3. The maximum atomic E-state index is 5.69. The molecule has 0 unspecified atom stereocenters. The molecule has 1 fully saturated rings. The Balaban J connectivity index is 2.35. The number of hydrogen-bond acceptors (Lipinski definition) is 3. The van der Waals surface area contributed by atoms with Gasteiger partial charge in [0, 0.05) is 13.1 Å². The summed E-state index contributed by atoms with van der Waals surface area (Å²) in [6.07, 6.45) is 1.84. The average Bonchev–Trinajstić information content (AvgIpc) is 1.78. The zero-order valence-electron chi connectivity index (χ0n) is 5.93. The molecule has 0 aromatic heterocycles. The molecular formula is C6H15N3. The van der Waals surface area contributed by atoms with Crippen LogP contribution < -0.4 is 11.5 Å². The van der Waals surface area contributed by atoms with Crippen LogP contribution in [0.25, 0.3) is 0 Å². The summed E-state index contributed by atoms with van der Waals surface area (Å²) in [6, 6.07) is 0. The molecule has 0 atom stereocenters. The van der Waals surface area contributed by atoms with Crippen molar-refractivity contribution in [1.82, 2.24) is 4.90 Å². The van der Waals surface area contributed by atoms with E-state index in [1.165, 1.54) is 0 Å². The Bertz CT molecular complexity index is 90.5. The molecule has 9 heavy (non-hydrogen) atoms. The Hall–Kier alpha value is -0.120. The SMILES string of the molecule is CN1CCC(N)(N)CC1. The van der Waals surface area contributed by atoms with Crippen LogP contribution in [0.1, 0.15) is 12.8 Å². The topological polar surface area (TPSA) is 55.3 Å². The third-order valence-electron chi connectivity index (χ3n) is 1.92. The summed E-state index contributed by atoms with van der Waals surface area (Å²) in [5.74, 6) is 0. The second-order valence-electron chi connectivity index (χ2n) is 3.04. The van der Waals surface area contributed by atoms with E-state index < -0.39 is 0 Å². The van der Waals surface area contributed by atoms with Gasteiger partial charge in [-0.05, 0) is 19.9 Å². The van der Waals surface area contributed by atoms with Crippen LogP contribution in [0.5, 0.6) is 0 Å². The Labute approximate surface area is 56.0 Å². The molecule has 0 bridgehead atoms. The minimum Gasteiger partial charge on any atom is -0.313 e. The van der Waals surface area contributed by atoms with Gasteiger partial charge in [0.15, 0.2) is 0 Å². The van der Waals surface area contributed by atoms with Crippen molar-refractivity contribution in [3.8, 4) is 0 Å². The van der Waals surface area contributed by atoms with Crippen molar-refractivity contribution in [2.75, 3.05) is 20.1 Å². The van der Waals surface area contributed by atoms with Crippen LogP contribution >= 0.6 is 0 Å². The lowest BCUT2D eigenvalue weighted by molar-refractivity contribution is 0.195. The van der Waals surface area contributed by atoms with Crippen molar-refractivity contribution >= 4 is 0 Å². The van der Waals surface area contributed by atoms with E-state index in [0.717, 1.165) is 25.9 Å². The second kappa shape index (κ2) is 2.25. The van der Waals surface area contributed by atoms with Gasteiger partial charge in [0.2, 0.25) is 0 Å². The van der Waals surface area contributed by atoms with E-state index in [1.807, 2.05) is 0 Å². The van der Waals surface area contributed by atoms with Gasteiger partial charge in [-0.3, -0.25) is 0 Å². The Morgan fingerprint density at radius 3 is 2.00 bits per heavy atom. The Kier molecular flexibility index (Phi) is 1.75. The third-order valence-corrected chi connectivity index (χ3v) is 1.92. The van der Waals surface area contributed by atoms with E-state index in [1.54, 1.807) is 0 Å². The van der Waals surface area contributed by atoms with Crippen molar-refractivity contribution in [3.05, 3.63) is 0 Å². The minimum absolute atomic E-state index is 0.382. The van der Waals surface area contributed by atoms with Gasteiger partial charge in [-0.25, -0.2) is 0 Å². The molecule has 0 aromatic rings. The van der Waals surface area contributed by atoms with Crippen molar-refractivity contribution in [2.24, 2.45) is 11.5 Å². The van der Waals surface area contributed by atoms with Crippen molar-refractivity contribution in [1.29, 1.82) is 0 Å². The molecule has 0 saturated carbocycles. The van der Waals surface area contributed by atoms with E-state index in [2.05, 4.69) is 11.9 Å². The predicted octanol–water partition coefficient (Wildman–Crippen LogP) is -0.674. The number of hydrogen-bond donors (Lipinski definition) is 2. The summed E-state index contributed by atoms with van der Waals surface area (Å²) in [6.45, 7) is 2.07. The summed E-state index contributed by atoms with van der Waals surface area (Å²) in [5.41, 5.74) is 11.0. The number of nitrogens with zero attached hydrogens (tertiary/aromatic N) is 1. The summed E-state index contributed by atoms with van der Waals surface area (Å²) >= 11 is 0. The van der Waals surface area contributed by atoms with Gasteiger partial charge in [-0.1, -0.05) is 0 Å². The van der Waals surface area contributed by atoms with Crippen LogP contribution in [-0.4, -0.2) is 30.7 Å². The monoisotopic (exact) mass is 129 g/mol. The van der Waals surface area contributed by atoms with Crippen molar-refractivity contribution < 1.29 is 0 Å². The van der Waals surface area contributed by atoms with Crippen molar-refractivity contribution in [3.63, 3.8) is 0 Å².